The molecule has 0 bridgehead atoms. The summed E-state index contributed by atoms with van der Waals surface area (Å²) in [5.41, 5.74) is 1.08. The van der Waals surface area contributed by atoms with Crippen molar-refractivity contribution in [2.45, 2.75) is 59.8 Å². The largest absolute Gasteiger partial charge is 0.511 e. The van der Waals surface area contributed by atoms with Gasteiger partial charge in [-0.2, -0.15) is 0 Å². The Morgan fingerprint density at radius 3 is 1.83 bits per heavy atom. The van der Waals surface area contributed by atoms with E-state index in [9.17, 15) is 9.59 Å². The molecule has 1 aromatic rings. The lowest BCUT2D eigenvalue weighted by molar-refractivity contribution is 0.132. The fraction of sp³-hybridized carbons (Fsp3) is 0.529. The molecule has 6 nitrogen and oxygen atoms in total. The Morgan fingerprint density at radius 1 is 1.00 bits per heavy atom. The zero-order valence-corrected chi connectivity index (χ0v) is 14.6. The Balaban J connectivity index is 0.00000108. The predicted molar refractivity (Wildman–Crippen MR) is 87.8 cm³/mol. The van der Waals surface area contributed by atoms with Crippen LogP contribution in [-0.4, -0.2) is 22.5 Å². The molecule has 0 fully saturated rings. The Bertz CT molecular complexity index is 541. The number of carbonyl (C=O) groups is 2. The summed E-state index contributed by atoms with van der Waals surface area (Å²) in [4.78, 5) is 21.3. The number of unbranched alkanes of at least 4 members (excludes halogenated alkanes) is 1. The highest BCUT2D eigenvalue weighted by molar-refractivity contribution is 5.68. The Kier molecular flexibility index (Phi) is 8.15. The second kappa shape index (κ2) is 9.02. The fourth-order valence-corrected chi connectivity index (χ4v) is 1.56. The van der Waals surface area contributed by atoms with Crippen LogP contribution in [0.15, 0.2) is 12.1 Å². The fourth-order valence-electron chi connectivity index (χ4n) is 1.56. The quantitative estimate of drug-likeness (QED) is 0.585. The minimum absolute atomic E-state index is 0.108. The van der Waals surface area contributed by atoms with Crippen LogP contribution in [0.2, 0.25) is 0 Å². The highest BCUT2D eigenvalue weighted by atomic mass is 16.7. The number of carboxylic acid groups (broad SMARTS) is 2. The molecule has 0 aliphatic rings. The Labute approximate surface area is 137 Å². The zero-order valence-electron chi connectivity index (χ0n) is 14.6. The maximum absolute atomic E-state index is 10.7. The number of hydrogen-bond acceptors (Lipinski definition) is 4. The Hall–Kier alpha value is -2.24. The van der Waals surface area contributed by atoms with Gasteiger partial charge in [0, 0.05) is 0 Å². The maximum atomic E-state index is 10.7. The van der Waals surface area contributed by atoms with Crippen LogP contribution in [0.3, 0.4) is 0 Å². The smallest absolute Gasteiger partial charge is 0.449 e. The third-order valence-corrected chi connectivity index (χ3v) is 2.99. The van der Waals surface area contributed by atoms with Gasteiger partial charge in [0.1, 0.15) is 0 Å². The lowest BCUT2D eigenvalue weighted by Gasteiger charge is -2.21. The molecular weight excluding hydrogens is 300 g/mol. The molecule has 2 N–H and O–H groups in total. The summed E-state index contributed by atoms with van der Waals surface area (Å²) in [6.45, 7) is 11.8. The van der Waals surface area contributed by atoms with Crippen molar-refractivity contribution in [2.75, 3.05) is 0 Å². The van der Waals surface area contributed by atoms with E-state index in [1.165, 1.54) is 18.9 Å². The average molecular weight is 326 g/mol. The summed E-state index contributed by atoms with van der Waals surface area (Å²) in [7, 11) is 0. The van der Waals surface area contributed by atoms with E-state index in [1.54, 1.807) is 13.0 Å². The lowest BCUT2D eigenvalue weighted by atomic mass is 9.86. The average Bonchev–Trinajstić information content (AvgIpc) is 2.40. The molecule has 0 amide bonds. The van der Waals surface area contributed by atoms with E-state index < -0.39 is 12.3 Å². The molecule has 0 saturated carbocycles. The number of hydrogen-bond donors (Lipinski definition) is 2. The monoisotopic (exact) mass is 326 g/mol. The molecule has 1 aromatic carbocycles. The molecule has 0 unspecified atom stereocenters. The molecule has 6 heteroatoms. The van der Waals surface area contributed by atoms with Crippen molar-refractivity contribution < 1.29 is 29.3 Å². The molecule has 0 spiro atoms. The van der Waals surface area contributed by atoms with Crippen molar-refractivity contribution in [3.8, 4) is 11.5 Å². The Morgan fingerprint density at radius 2 is 1.48 bits per heavy atom. The lowest BCUT2D eigenvalue weighted by Crippen LogP contribution is -2.14. The van der Waals surface area contributed by atoms with Crippen LogP contribution >= 0.6 is 0 Å². The van der Waals surface area contributed by atoms with Gasteiger partial charge >= 0.3 is 12.3 Å². The van der Waals surface area contributed by atoms with Crippen LogP contribution in [-0.2, 0) is 5.41 Å². The highest BCUT2D eigenvalue weighted by Gasteiger charge is 2.21. The van der Waals surface area contributed by atoms with Gasteiger partial charge in [0.2, 0.25) is 0 Å². The first-order chi connectivity index (χ1) is 10.5. The second-order valence-electron chi connectivity index (χ2n) is 6.11. The van der Waals surface area contributed by atoms with Gasteiger partial charge in [0.15, 0.2) is 11.5 Å². The molecule has 130 valence electrons. The number of rotatable bonds is 3. The highest BCUT2D eigenvalue weighted by Crippen LogP contribution is 2.36. The van der Waals surface area contributed by atoms with Crippen LogP contribution in [0.1, 0.15) is 58.6 Å². The SMILES string of the molecule is CCCC.Cc1cc(C(C)(C)C)cc(OC(=O)O)c1OC(=O)O. The van der Waals surface area contributed by atoms with Gasteiger partial charge in [-0.1, -0.05) is 53.5 Å². The molecular formula is C17H26O6. The van der Waals surface area contributed by atoms with E-state index in [2.05, 4.69) is 23.3 Å². The van der Waals surface area contributed by atoms with E-state index in [-0.39, 0.29) is 16.9 Å². The number of aryl methyl sites for hydroxylation is 1. The van der Waals surface area contributed by atoms with Gasteiger partial charge < -0.3 is 19.7 Å². The summed E-state index contributed by atoms with van der Waals surface area (Å²) < 4.78 is 9.16. The maximum Gasteiger partial charge on any atom is 0.511 e. The van der Waals surface area contributed by atoms with Crippen molar-refractivity contribution in [3.05, 3.63) is 23.3 Å². The van der Waals surface area contributed by atoms with Crippen LogP contribution in [0.5, 0.6) is 11.5 Å². The molecule has 0 saturated heterocycles. The standard InChI is InChI=1S/C13H16O6.C4H10/c1-7-5-8(13(2,3)4)6-9(18-11(14)15)10(7)19-12(16)17;1-3-4-2/h5-6H,1-4H3,(H,14,15)(H,16,17);3-4H2,1-2H3. The summed E-state index contributed by atoms with van der Waals surface area (Å²) in [6.07, 6.45) is -0.414. The third kappa shape index (κ3) is 7.54. The minimum Gasteiger partial charge on any atom is -0.449 e. The van der Waals surface area contributed by atoms with Gasteiger partial charge in [-0.15, -0.1) is 0 Å². The number of ether oxygens (including phenoxy) is 2. The van der Waals surface area contributed by atoms with E-state index in [1.807, 2.05) is 20.8 Å². The summed E-state index contributed by atoms with van der Waals surface area (Å²) in [5, 5.41) is 17.3. The van der Waals surface area contributed by atoms with Crippen molar-refractivity contribution >= 4 is 12.3 Å². The summed E-state index contributed by atoms with van der Waals surface area (Å²) >= 11 is 0. The molecule has 0 radical (unpaired) electrons. The van der Waals surface area contributed by atoms with E-state index >= 15 is 0 Å². The van der Waals surface area contributed by atoms with Gasteiger partial charge in [0.25, 0.3) is 0 Å². The molecule has 0 aliphatic carbocycles. The molecule has 0 atom stereocenters. The molecule has 0 aromatic heterocycles. The third-order valence-electron chi connectivity index (χ3n) is 2.99. The van der Waals surface area contributed by atoms with Crippen LogP contribution in [0.4, 0.5) is 9.59 Å². The van der Waals surface area contributed by atoms with Gasteiger partial charge in [0.05, 0.1) is 0 Å². The van der Waals surface area contributed by atoms with Crippen molar-refractivity contribution in [1.82, 2.24) is 0 Å². The normalized spacial score (nSPS) is 10.3. The van der Waals surface area contributed by atoms with E-state index in [0.717, 1.165) is 5.56 Å². The van der Waals surface area contributed by atoms with Crippen LogP contribution in [0.25, 0.3) is 0 Å². The minimum atomic E-state index is -1.53. The van der Waals surface area contributed by atoms with Crippen molar-refractivity contribution in [3.63, 3.8) is 0 Å². The van der Waals surface area contributed by atoms with Crippen molar-refractivity contribution in [1.29, 1.82) is 0 Å². The summed E-state index contributed by atoms with van der Waals surface area (Å²) in [6, 6.07) is 3.21. The van der Waals surface area contributed by atoms with E-state index in [4.69, 9.17) is 10.2 Å². The van der Waals surface area contributed by atoms with Gasteiger partial charge in [-0.3, -0.25) is 0 Å². The van der Waals surface area contributed by atoms with E-state index in [0.29, 0.717) is 5.56 Å². The number of benzene rings is 1. The second-order valence-corrected chi connectivity index (χ2v) is 6.11. The van der Waals surface area contributed by atoms with Gasteiger partial charge in [-0.25, -0.2) is 9.59 Å². The van der Waals surface area contributed by atoms with Crippen LogP contribution in [0, 0.1) is 6.92 Å². The molecule has 0 aliphatic heterocycles. The topological polar surface area (TPSA) is 93.1 Å². The zero-order chi connectivity index (χ0) is 18.2. The van der Waals surface area contributed by atoms with Crippen molar-refractivity contribution in [2.24, 2.45) is 0 Å². The van der Waals surface area contributed by atoms with Gasteiger partial charge in [-0.05, 0) is 29.5 Å². The molecule has 23 heavy (non-hydrogen) atoms. The first-order valence-corrected chi connectivity index (χ1v) is 7.49. The molecule has 0 heterocycles. The predicted octanol–water partition coefficient (Wildman–Crippen LogP) is 5.21. The first kappa shape index (κ1) is 20.8. The molecule has 1 rings (SSSR count). The van der Waals surface area contributed by atoms with Crippen LogP contribution < -0.4 is 9.47 Å². The summed E-state index contributed by atoms with van der Waals surface area (Å²) in [5.74, 6) is -0.234. The first-order valence-electron chi connectivity index (χ1n) is 7.49.